The molecule has 0 spiro atoms. The van der Waals surface area contributed by atoms with Gasteiger partial charge in [0.25, 0.3) is 0 Å². The number of aliphatic carboxylic acids is 1. The van der Waals surface area contributed by atoms with Crippen LogP contribution in [0.5, 0.6) is 0 Å². The summed E-state index contributed by atoms with van der Waals surface area (Å²) in [6.45, 7) is 2.02. The average molecular weight is 265 g/mol. The first-order chi connectivity index (χ1) is 9.04. The van der Waals surface area contributed by atoms with Crippen LogP contribution in [0.15, 0.2) is 24.3 Å². The number of benzene rings is 1. The van der Waals surface area contributed by atoms with E-state index in [-0.39, 0.29) is 18.7 Å². The molecule has 1 aromatic rings. The van der Waals surface area contributed by atoms with Crippen LogP contribution in [0.3, 0.4) is 0 Å². The molecule has 19 heavy (non-hydrogen) atoms. The number of rotatable bonds is 7. The number of aryl methyl sites for hydroxylation is 1. The van der Waals surface area contributed by atoms with Gasteiger partial charge in [0.15, 0.2) is 0 Å². The smallest absolute Gasteiger partial charge is 0.320 e. The number of hydrogen-bond acceptors (Lipinski definition) is 4. The molecule has 1 aromatic carbocycles. The van der Waals surface area contributed by atoms with E-state index in [2.05, 4.69) is 10.9 Å². The van der Waals surface area contributed by atoms with Crippen LogP contribution in [0.25, 0.3) is 0 Å². The van der Waals surface area contributed by atoms with E-state index in [9.17, 15) is 9.59 Å². The maximum absolute atomic E-state index is 11.5. The molecule has 0 saturated carbocycles. The number of carboxylic acids is 1. The van der Waals surface area contributed by atoms with Crippen molar-refractivity contribution in [1.82, 2.24) is 5.43 Å². The average Bonchev–Trinajstić information content (AvgIpc) is 2.42. The fraction of sp³-hybridized carbons (Fsp3) is 0.385. The van der Waals surface area contributed by atoms with E-state index in [1.807, 2.05) is 31.2 Å². The first-order valence-electron chi connectivity index (χ1n) is 6.15. The van der Waals surface area contributed by atoms with Crippen molar-refractivity contribution in [2.45, 2.75) is 32.2 Å². The molecule has 0 bridgehead atoms. The molecule has 0 aliphatic carbocycles. The van der Waals surface area contributed by atoms with Crippen molar-refractivity contribution < 1.29 is 14.7 Å². The molecular formula is C13H19N3O3. The highest BCUT2D eigenvalue weighted by Gasteiger charge is 2.13. The van der Waals surface area contributed by atoms with E-state index in [4.69, 9.17) is 10.8 Å². The van der Waals surface area contributed by atoms with Gasteiger partial charge >= 0.3 is 5.97 Å². The number of anilines is 1. The molecule has 0 unspecified atom stereocenters. The van der Waals surface area contributed by atoms with Crippen molar-refractivity contribution in [2.24, 2.45) is 5.73 Å². The Balaban J connectivity index is 2.40. The first-order valence-corrected chi connectivity index (χ1v) is 6.15. The third kappa shape index (κ3) is 4.97. The lowest BCUT2D eigenvalue weighted by atomic mass is 10.1. The molecule has 0 radical (unpaired) electrons. The van der Waals surface area contributed by atoms with Crippen molar-refractivity contribution >= 4 is 17.6 Å². The molecule has 6 nitrogen and oxygen atoms in total. The summed E-state index contributed by atoms with van der Waals surface area (Å²) in [6, 6.07) is 6.62. The van der Waals surface area contributed by atoms with Crippen LogP contribution in [-0.2, 0) is 16.0 Å². The number of para-hydroxylation sites is 1. The highest BCUT2D eigenvalue weighted by atomic mass is 16.4. The van der Waals surface area contributed by atoms with Crippen LogP contribution in [-0.4, -0.2) is 23.0 Å². The predicted octanol–water partition coefficient (Wildman–Crippen LogP) is 0.884. The molecule has 1 amide bonds. The highest BCUT2D eigenvalue weighted by molar-refractivity contribution is 5.79. The van der Waals surface area contributed by atoms with Crippen LogP contribution in [0.2, 0.25) is 0 Å². The normalized spacial score (nSPS) is 11.7. The summed E-state index contributed by atoms with van der Waals surface area (Å²) in [7, 11) is 0. The highest BCUT2D eigenvalue weighted by Crippen LogP contribution is 2.14. The van der Waals surface area contributed by atoms with Gasteiger partial charge in [0.2, 0.25) is 5.91 Å². The van der Waals surface area contributed by atoms with E-state index >= 15 is 0 Å². The van der Waals surface area contributed by atoms with Crippen molar-refractivity contribution in [1.29, 1.82) is 0 Å². The second-order valence-corrected chi connectivity index (χ2v) is 4.17. The zero-order valence-corrected chi connectivity index (χ0v) is 10.8. The zero-order chi connectivity index (χ0) is 14.3. The minimum Gasteiger partial charge on any atom is -0.480 e. The molecule has 0 fully saturated rings. The van der Waals surface area contributed by atoms with Crippen molar-refractivity contribution in [3.63, 3.8) is 0 Å². The molecule has 0 heterocycles. The number of carbonyl (C=O) groups excluding carboxylic acids is 1. The van der Waals surface area contributed by atoms with Gasteiger partial charge in [-0.2, -0.15) is 0 Å². The Morgan fingerprint density at radius 1 is 1.37 bits per heavy atom. The monoisotopic (exact) mass is 265 g/mol. The Hall–Kier alpha value is -2.08. The van der Waals surface area contributed by atoms with Gasteiger partial charge in [-0.3, -0.25) is 20.4 Å². The minimum absolute atomic E-state index is 0.0642. The molecule has 0 aliphatic rings. The maximum atomic E-state index is 11.5. The SMILES string of the molecule is CCc1ccccc1NNC(=O)CC[C@@H](N)C(=O)O. The summed E-state index contributed by atoms with van der Waals surface area (Å²) in [5.74, 6) is -1.39. The van der Waals surface area contributed by atoms with Gasteiger partial charge in [0, 0.05) is 6.42 Å². The Labute approximate surface area is 112 Å². The molecule has 104 valence electrons. The summed E-state index contributed by atoms with van der Waals surface area (Å²) >= 11 is 0. The second-order valence-electron chi connectivity index (χ2n) is 4.17. The number of nitrogens with one attached hydrogen (secondary N) is 2. The molecule has 0 saturated heterocycles. The van der Waals surface area contributed by atoms with Crippen molar-refractivity contribution in [2.75, 3.05) is 5.43 Å². The van der Waals surface area contributed by atoms with Gasteiger partial charge in [-0.1, -0.05) is 25.1 Å². The largest absolute Gasteiger partial charge is 0.480 e. The van der Waals surface area contributed by atoms with Crippen molar-refractivity contribution in [3.8, 4) is 0 Å². The summed E-state index contributed by atoms with van der Waals surface area (Å²) in [5.41, 5.74) is 12.6. The minimum atomic E-state index is -1.10. The second kappa shape index (κ2) is 7.38. The molecular weight excluding hydrogens is 246 g/mol. The lowest BCUT2D eigenvalue weighted by molar-refractivity contribution is -0.138. The summed E-state index contributed by atoms with van der Waals surface area (Å²) in [4.78, 5) is 22.0. The van der Waals surface area contributed by atoms with E-state index in [1.54, 1.807) is 0 Å². The van der Waals surface area contributed by atoms with Gasteiger partial charge in [0.1, 0.15) is 6.04 Å². The number of hydrazine groups is 1. The maximum Gasteiger partial charge on any atom is 0.320 e. The fourth-order valence-electron chi connectivity index (χ4n) is 1.56. The van der Waals surface area contributed by atoms with E-state index in [1.165, 1.54) is 0 Å². The first kappa shape index (κ1) is 15.0. The molecule has 5 N–H and O–H groups in total. The Morgan fingerprint density at radius 2 is 2.05 bits per heavy atom. The molecule has 0 aromatic heterocycles. The standard InChI is InChI=1S/C13H19N3O3/c1-2-9-5-3-4-6-11(9)15-16-12(17)8-7-10(14)13(18)19/h3-6,10,15H,2,7-8,14H2,1H3,(H,16,17)(H,18,19)/t10-/m1/s1. The lowest BCUT2D eigenvalue weighted by Crippen LogP contribution is -2.34. The quantitative estimate of drug-likeness (QED) is 0.548. The van der Waals surface area contributed by atoms with Crippen LogP contribution in [0, 0.1) is 0 Å². The van der Waals surface area contributed by atoms with E-state index in [0.29, 0.717) is 0 Å². The topological polar surface area (TPSA) is 104 Å². The predicted molar refractivity (Wildman–Crippen MR) is 72.4 cm³/mol. The molecule has 1 atom stereocenters. The van der Waals surface area contributed by atoms with Gasteiger partial charge in [-0.15, -0.1) is 0 Å². The summed E-state index contributed by atoms with van der Waals surface area (Å²) in [5, 5.41) is 8.60. The number of hydrogen-bond donors (Lipinski definition) is 4. The van der Waals surface area contributed by atoms with Crippen molar-refractivity contribution in [3.05, 3.63) is 29.8 Å². The van der Waals surface area contributed by atoms with E-state index in [0.717, 1.165) is 17.7 Å². The van der Waals surface area contributed by atoms with Gasteiger partial charge in [0.05, 0.1) is 5.69 Å². The number of carbonyl (C=O) groups is 2. The summed E-state index contributed by atoms with van der Waals surface area (Å²) in [6.07, 6.45) is 1.02. The van der Waals surface area contributed by atoms with Gasteiger partial charge in [-0.25, -0.2) is 0 Å². The number of amides is 1. The van der Waals surface area contributed by atoms with Gasteiger partial charge < -0.3 is 10.8 Å². The van der Waals surface area contributed by atoms with Crippen LogP contribution in [0.1, 0.15) is 25.3 Å². The Kier molecular flexibility index (Phi) is 5.81. The number of carboxylic acid groups (broad SMARTS) is 1. The zero-order valence-electron chi connectivity index (χ0n) is 10.8. The number of nitrogens with two attached hydrogens (primary N) is 1. The fourth-order valence-corrected chi connectivity index (χ4v) is 1.56. The summed E-state index contributed by atoms with van der Waals surface area (Å²) < 4.78 is 0. The van der Waals surface area contributed by atoms with Crippen LogP contribution < -0.4 is 16.6 Å². The Morgan fingerprint density at radius 3 is 2.68 bits per heavy atom. The lowest BCUT2D eigenvalue weighted by Gasteiger charge is -2.12. The van der Waals surface area contributed by atoms with E-state index < -0.39 is 12.0 Å². The molecule has 6 heteroatoms. The molecule has 1 rings (SSSR count). The third-order valence-corrected chi connectivity index (χ3v) is 2.73. The Bertz CT molecular complexity index is 449. The van der Waals surface area contributed by atoms with Crippen LogP contribution >= 0.6 is 0 Å². The van der Waals surface area contributed by atoms with Crippen LogP contribution in [0.4, 0.5) is 5.69 Å². The molecule has 0 aliphatic heterocycles. The van der Waals surface area contributed by atoms with Gasteiger partial charge in [-0.05, 0) is 24.5 Å². The third-order valence-electron chi connectivity index (χ3n) is 2.73.